The van der Waals surface area contributed by atoms with E-state index in [-0.39, 0.29) is 0 Å². The van der Waals surface area contributed by atoms with Crippen molar-refractivity contribution in [3.63, 3.8) is 0 Å². The molecule has 1 nitrogen and oxygen atoms in total. The summed E-state index contributed by atoms with van der Waals surface area (Å²) in [5.74, 6) is 0. The van der Waals surface area contributed by atoms with Crippen LogP contribution in [0.15, 0.2) is 10.9 Å². The molecule has 11 heavy (non-hydrogen) atoms. The van der Waals surface area contributed by atoms with Crippen LogP contribution in [0.1, 0.15) is 27.7 Å². The Morgan fingerprint density at radius 1 is 1.18 bits per heavy atom. The molecule has 0 aliphatic heterocycles. The van der Waals surface area contributed by atoms with E-state index in [1.807, 2.05) is 0 Å². The van der Waals surface area contributed by atoms with Gasteiger partial charge in [0.2, 0.25) is 0 Å². The summed E-state index contributed by atoms with van der Waals surface area (Å²) < 4.78 is 1.54. The van der Waals surface area contributed by atoms with E-state index in [2.05, 4.69) is 38.6 Å². The van der Waals surface area contributed by atoms with Crippen molar-refractivity contribution in [2.75, 3.05) is 0 Å². The Morgan fingerprint density at radius 2 is 1.64 bits per heavy atom. The molecule has 0 saturated heterocycles. The normalized spacial score (nSPS) is 11.8. The molecule has 0 aliphatic carbocycles. The fraction of sp³-hybridized carbons (Fsp3) is 0.667. The topological polar surface area (TPSA) is 23.8 Å². The molecule has 0 rings (SSSR count). The fourth-order valence-electron chi connectivity index (χ4n) is 1.06. The van der Waals surface area contributed by atoms with E-state index in [0.717, 1.165) is 9.41 Å². The molecule has 0 aliphatic rings. The van der Waals surface area contributed by atoms with Crippen LogP contribution in [-0.4, -0.2) is 14.7 Å². The van der Waals surface area contributed by atoms with Gasteiger partial charge < -0.3 is 0 Å². The van der Waals surface area contributed by atoms with E-state index in [1.54, 1.807) is 6.08 Å². The fourth-order valence-corrected chi connectivity index (χ4v) is 5.51. The first-order chi connectivity index (χ1) is 5.09. The quantitative estimate of drug-likeness (QED) is 0.522. The van der Waals surface area contributed by atoms with Crippen molar-refractivity contribution in [2.45, 2.75) is 37.1 Å². The summed E-state index contributed by atoms with van der Waals surface area (Å²) in [6.45, 7) is 9.01. The third-order valence-electron chi connectivity index (χ3n) is 1.51. The Labute approximate surface area is 74.4 Å². The molecule has 0 saturated carbocycles. The summed E-state index contributed by atoms with van der Waals surface area (Å²) in [5.41, 5.74) is 0. The Morgan fingerprint density at radius 3 is 1.91 bits per heavy atom. The molecule has 0 bridgehead atoms. The maximum absolute atomic E-state index is 8.37. The number of allylic oxidation sites excluding steroid dienone is 1. The monoisotopic (exact) mass is 213 g/mol. The van der Waals surface area contributed by atoms with Gasteiger partial charge in [-0.3, -0.25) is 0 Å². The van der Waals surface area contributed by atoms with Crippen molar-refractivity contribution in [1.29, 1.82) is 5.26 Å². The zero-order valence-corrected chi connectivity index (χ0v) is 9.58. The van der Waals surface area contributed by atoms with Gasteiger partial charge in [0, 0.05) is 0 Å². The summed E-state index contributed by atoms with van der Waals surface area (Å²) in [6.07, 6.45) is 1.65. The first kappa shape index (κ1) is 10.8. The summed E-state index contributed by atoms with van der Waals surface area (Å²) in [6, 6.07) is 2.06. The van der Waals surface area contributed by atoms with Crippen LogP contribution in [0.3, 0.4) is 0 Å². The molecule has 0 fully saturated rings. The van der Waals surface area contributed by atoms with Gasteiger partial charge in [-0.1, -0.05) is 0 Å². The van der Waals surface area contributed by atoms with Crippen molar-refractivity contribution >= 4 is 14.7 Å². The van der Waals surface area contributed by atoms with Gasteiger partial charge in [0.15, 0.2) is 0 Å². The molecular weight excluding hydrogens is 197 g/mol. The second-order valence-electron chi connectivity index (χ2n) is 3.08. The van der Waals surface area contributed by atoms with Gasteiger partial charge in [0.1, 0.15) is 0 Å². The Bertz CT molecular complexity index is 157. The van der Waals surface area contributed by atoms with E-state index in [9.17, 15) is 0 Å². The maximum atomic E-state index is 8.37. The molecule has 0 radical (unpaired) electrons. The standard InChI is InChI=1S/C9H16AsN/c1-8(2)10(9(3)4)6-5-7-11/h5-6,8-9H,1-4H3/b6-5-. The van der Waals surface area contributed by atoms with E-state index in [0.29, 0.717) is 0 Å². The Balaban J connectivity index is 4.14. The number of nitrogens with zero attached hydrogens (tertiary/aromatic N) is 1. The second-order valence-corrected chi connectivity index (χ2v) is 9.92. The third-order valence-corrected chi connectivity index (χ3v) is 7.55. The molecule has 0 spiro atoms. The van der Waals surface area contributed by atoms with Crippen LogP contribution in [0.5, 0.6) is 0 Å². The molecule has 0 N–H and O–H groups in total. The van der Waals surface area contributed by atoms with Crippen LogP contribution >= 0.6 is 0 Å². The van der Waals surface area contributed by atoms with Gasteiger partial charge in [0.05, 0.1) is 0 Å². The van der Waals surface area contributed by atoms with E-state index in [1.165, 1.54) is 0 Å². The predicted octanol–water partition coefficient (Wildman–Crippen LogP) is 2.92. The van der Waals surface area contributed by atoms with Gasteiger partial charge >= 0.3 is 74.0 Å². The molecule has 62 valence electrons. The number of nitriles is 1. The zero-order valence-electron chi connectivity index (χ0n) is 7.70. The minimum atomic E-state index is -0.868. The van der Waals surface area contributed by atoms with Gasteiger partial charge in [-0.05, 0) is 0 Å². The van der Waals surface area contributed by atoms with Crippen molar-refractivity contribution in [2.24, 2.45) is 0 Å². The van der Waals surface area contributed by atoms with Crippen LogP contribution in [0.25, 0.3) is 0 Å². The Kier molecular flexibility index (Phi) is 5.34. The molecule has 0 unspecified atom stereocenters. The second kappa shape index (κ2) is 5.44. The molecule has 0 amide bonds. The minimum absolute atomic E-state index is 0.770. The summed E-state index contributed by atoms with van der Waals surface area (Å²) in [4.78, 5) is 2.16. The van der Waals surface area contributed by atoms with Gasteiger partial charge in [0.25, 0.3) is 0 Å². The number of hydrogen-bond donors (Lipinski definition) is 0. The molecule has 0 aromatic carbocycles. The van der Waals surface area contributed by atoms with Crippen molar-refractivity contribution in [3.05, 3.63) is 10.9 Å². The van der Waals surface area contributed by atoms with Crippen LogP contribution in [0, 0.1) is 11.3 Å². The third kappa shape index (κ3) is 4.27. The van der Waals surface area contributed by atoms with Crippen LogP contribution in [0.2, 0.25) is 9.41 Å². The van der Waals surface area contributed by atoms with Gasteiger partial charge in [-0.2, -0.15) is 0 Å². The number of rotatable bonds is 3. The average molecular weight is 213 g/mol. The summed E-state index contributed by atoms with van der Waals surface area (Å²) in [7, 11) is 0. The summed E-state index contributed by atoms with van der Waals surface area (Å²) >= 11 is -0.868. The van der Waals surface area contributed by atoms with Crippen LogP contribution in [-0.2, 0) is 0 Å². The average Bonchev–Trinajstić information content (AvgIpc) is 1.87. The van der Waals surface area contributed by atoms with E-state index in [4.69, 9.17) is 5.26 Å². The zero-order chi connectivity index (χ0) is 8.85. The van der Waals surface area contributed by atoms with Gasteiger partial charge in [-0.25, -0.2) is 0 Å². The summed E-state index contributed by atoms with van der Waals surface area (Å²) in [5, 5.41) is 8.37. The molecular formula is C9H16AsN. The van der Waals surface area contributed by atoms with Crippen LogP contribution in [0.4, 0.5) is 0 Å². The van der Waals surface area contributed by atoms with Crippen LogP contribution < -0.4 is 0 Å². The Hall–Kier alpha value is -0.212. The SMILES string of the molecule is CC(C)[As](/C=C\C#N)C(C)C. The first-order valence-corrected chi connectivity index (χ1v) is 7.18. The molecule has 0 atom stereocenters. The van der Waals surface area contributed by atoms with Crippen molar-refractivity contribution < 1.29 is 0 Å². The molecule has 0 aromatic heterocycles. The number of hydrogen-bond acceptors (Lipinski definition) is 1. The molecule has 0 aromatic rings. The first-order valence-electron chi connectivity index (χ1n) is 3.93. The van der Waals surface area contributed by atoms with Crippen molar-refractivity contribution in [1.82, 2.24) is 0 Å². The van der Waals surface area contributed by atoms with Crippen molar-refractivity contribution in [3.8, 4) is 6.07 Å². The van der Waals surface area contributed by atoms with E-state index < -0.39 is 14.7 Å². The van der Waals surface area contributed by atoms with Gasteiger partial charge in [-0.15, -0.1) is 0 Å². The predicted molar refractivity (Wildman–Crippen MR) is 50.7 cm³/mol. The molecule has 2 heteroatoms. The molecule has 0 heterocycles. The van der Waals surface area contributed by atoms with E-state index >= 15 is 0 Å².